The summed E-state index contributed by atoms with van der Waals surface area (Å²) < 4.78 is 0. The lowest BCUT2D eigenvalue weighted by Crippen LogP contribution is -2.22. The van der Waals surface area contributed by atoms with E-state index in [-0.39, 0.29) is 5.91 Å². The first-order valence-electron chi connectivity index (χ1n) is 4.21. The van der Waals surface area contributed by atoms with Crippen LogP contribution in [0.15, 0.2) is 11.6 Å². The molecule has 0 fully saturated rings. The number of carbonyl (C=O) groups excluding carboxylic acids is 1. The smallest absolute Gasteiger partial charge is 0.217 e. The molecular weight excluding hydrogens is 138 g/mol. The molecule has 1 aliphatic carbocycles. The number of nitrogens with one attached hydrogen (secondary N) is 1. The van der Waals surface area contributed by atoms with Crippen LogP contribution in [0, 0.1) is 0 Å². The highest BCUT2D eigenvalue weighted by molar-refractivity contribution is 5.73. The van der Waals surface area contributed by atoms with Crippen molar-refractivity contribution in [1.29, 1.82) is 0 Å². The van der Waals surface area contributed by atoms with Gasteiger partial charge in [0.1, 0.15) is 0 Å². The number of allylic oxidation sites excluding steroid dienone is 1. The average Bonchev–Trinajstić information content (AvgIpc) is 2.03. The molecule has 1 rings (SSSR count). The molecule has 2 heteroatoms. The summed E-state index contributed by atoms with van der Waals surface area (Å²) in [5.41, 5.74) is 1.39. The molecule has 0 radical (unpaired) electrons. The molecule has 11 heavy (non-hydrogen) atoms. The van der Waals surface area contributed by atoms with Gasteiger partial charge in [0, 0.05) is 13.5 Å². The van der Waals surface area contributed by atoms with Gasteiger partial charge in [-0.1, -0.05) is 11.6 Å². The Morgan fingerprint density at radius 1 is 1.64 bits per heavy atom. The summed E-state index contributed by atoms with van der Waals surface area (Å²) in [4.78, 5) is 10.5. The number of carbonyl (C=O) groups is 1. The van der Waals surface area contributed by atoms with Gasteiger partial charge in [0.15, 0.2) is 0 Å². The first-order valence-corrected chi connectivity index (χ1v) is 4.21. The molecule has 0 saturated carbocycles. The number of hydrogen-bond donors (Lipinski definition) is 1. The molecule has 62 valence electrons. The Bertz CT molecular complexity index is 172. The fourth-order valence-electron chi connectivity index (χ4n) is 1.30. The minimum absolute atomic E-state index is 0.0662. The number of rotatable bonds is 2. The first kappa shape index (κ1) is 8.31. The first-order chi connectivity index (χ1) is 5.29. The molecule has 0 aromatic carbocycles. The third-order valence-corrected chi connectivity index (χ3v) is 1.95. The van der Waals surface area contributed by atoms with Crippen LogP contribution in [0.5, 0.6) is 0 Å². The molecule has 0 atom stereocenters. The lowest BCUT2D eigenvalue weighted by atomic mass is 10.00. The zero-order chi connectivity index (χ0) is 8.10. The van der Waals surface area contributed by atoms with E-state index in [1.54, 1.807) is 6.92 Å². The van der Waals surface area contributed by atoms with Gasteiger partial charge in [-0.3, -0.25) is 4.79 Å². The monoisotopic (exact) mass is 153 g/mol. The molecule has 0 spiro atoms. The van der Waals surface area contributed by atoms with Crippen LogP contribution < -0.4 is 5.32 Å². The molecule has 1 N–H and O–H groups in total. The molecular formula is C9H15NO. The van der Waals surface area contributed by atoms with E-state index < -0.39 is 0 Å². The molecule has 0 aromatic heterocycles. The minimum Gasteiger partial charge on any atom is -0.353 e. The Kier molecular flexibility index (Phi) is 3.14. The zero-order valence-corrected chi connectivity index (χ0v) is 7.02. The Balaban J connectivity index is 2.24. The second-order valence-corrected chi connectivity index (χ2v) is 3.02. The number of hydrogen-bond acceptors (Lipinski definition) is 1. The van der Waals surface area contributed by atoms with Crippen LogP contribution in [0.2, 0.25) is 0 Å². The van der Waals surface area contributed by atoms with E-state index >= 15 is 0 Å². The second-order valence-electron chi connectivity index (χ2n) is 3.02. The van der Waals surface area contributed by atoms with Gasteiger partial charge >= 0.3 is 0 Å². The van der Waals surface area contributed by atoms with E-state index in [1.165, 1.54) is 31.3 Å². The van der Waals surface area contributed by atoms with Crippen LogP contribution in [-0.2, 0) is 4.79 Å². The molecule has 0 unspecified atom stereocenters. The molecule has 0 aliphatic heterocycles. The van der Waals surface area contributed by atoms with E-state index in [9.17, 15) is 4.79 Å². The quantitative estimate of drug-likeness (QED) is 0.600. The van der Waals surface area contributed by atoms with Crippen LogP contribution in [0.4, 0.5) is 0 Å². The van der Waals surface area contributed by atoms with Crippen LogP contribution in [0.25, 0.3) is 0 Å². The van der Waals surface area contributed by atoms with Crippen molar-refractivity contribution >= 4 is 5.91 Å². The third-order valence-electron chi connectivity index (χ3n) is 1.95. The Hall–Kier alpha value is -0.790. The summed E-state index contributed by atoms with van der Waals surface area (Å²) in [6, 6.07) is 0. The summed E-state index contributed by atoms with van der Waals surface area (Å²) in [6.07, 6.45) is 7.20. The maximum Gasteiger partial charge on any atom is 0.217 e. The molecule has 0 heterocycles. The lowest BCUT2D eigenvalue weighted by molar-refractivity contribution is -0.118. The molecule has 2 nitrogen and oxygen atoms in total. The fraction of sp³-hybridized carbons (Fsp3) is 0.667. The largest absolute Gasteiger partial charge is 0.353 e. The van der Waals surface area contributed by atoms with Crippen molar-refractivity contribution in [2.24, 2.45) is 0 Å². The highest BCUT2D eigenvalue weighted by Crippen LogP contribution is 2.15. The standard InChI is InChI=1S/C9H15NO/c1-8(11)10-7-9-5-3-2-4-6-9/h5H,2-4,6-7H2,1H3,(H,10,11). The van der Waals surface area contributed by atoms with E-state index in [4.69, 9.17) is 0 Å². The van der Waals surface area contributed by atoms with Crippen molar-refractivity contribution < 1.29 is 4.79 Å². The highest BCUT2D eigenvalue weighted by atomic mass is 16.1. The summed E-state index contributed by atoms with van der Waals surface area (Å²) in [5, 5.41) is 2.81. The molecule has 0 saturated heterocycles. The average molecular weight is 153 g/mol. The van der Waals surface area contributed by atoms with E-state index in [0.717, 1.165) is 6.54 Å². The summed E-state index contributed by atoms with van der Waals surface area (Å²) in [7, 11) is 0. The summed E-state index contributed by atoms with van der Waals surface area (Å²) in [6.45, 7) is 2.32. The topological polar surface area (TPSA) is 29.1 Å². The van der Waals surface area contributed by atoms with Gasteiger partial charge in [0.05, 0.1) is 0 Å². The SMILES string of the molecule is CC(=O)NCC1=CCCCC1. The predicted octanol–water partition coefficient (Wildman–Crippen LogP) is 1.62. The second kappa shape index (κ2) is 4.16. The van der Waals surface area contributed by atoms with Gasteiger partial charge in [-0.15, -0.1) is 0 Å². The molecule has 1 aliphatic rings. The fourth-order valence-corrected chi connectivity index (χ4v) is 1.30. The van der Waals surface area contributed by atoms with Gasteiger partial charge in [-0.25, -0.2) is 0 Å². The lowest BCUT2D eigenvalue weighted by Gasteiger charge is -2.12. The summed E-state index contributed by atoms with van der Waals surface area (Å²) in [5.74, 6) is 0.0662. The van der Waals surface area contributed by atoms with Crippen molar-refractivity contribution in [3.63, 3.8) is 0 Å². The zero-order valence-electron chi connectivity index (χ0n) is 7.02. The normalized spacial score (nSPS) is 17.4. The van der Waals surface area contributed by atoms with E-state index in [0.29, 0.717) is 0 Å². The number of amides is 1. The third kappa shape index (κ3) is 3.21. The van der Waals surface area contributed by atoms with Crippen molar-refractivity contribution in [1.82, 2.24) is 5.32 Å². The van der Waals surface area contributed by atoms with Gasteiger partial charge in [0.25, 0.3) is 0 Å². The van der Waals surface area contributed by atoms with Crippen LogP contribution in [0.1, 0.15) is 32.6 Å². The molecule has 0 aromatic rings. The summed E-state index contributed by atoms with van der Waals surface area (Å²) >= 11 is 0. The Morgan fingerprint density at radius 2 is 2.45 bits per heavy atom. The van der Waals surface area contributed by atoms with E-state index in [1.807, 2.05) is 0 Å². The van der Waals surface area contributed by atoms with Crippen molar-refractivity contribution in [3.05, 3.63) is 11.6 Å². The van der Waals surface area contributed by atoms with E-state index in [2.05, 4.69) is 11.4 Å². The molecule has 1 amide bonds. The predicted molar refractivity (Wildman–Crippen MR) is 45.2 cm³/mol. The van der Waals surface area contributed by atoms with Gasteiger partial charge in [-0.2, -0.15) is 0 Å². The minimum atomic E-state index is 0.0662. The van der Waals surface area contributed by atoms with Gasteiger partial charge in [-0.05, 0) is 25.7 Å². The van der Waals surface area contributed by atoms with Gasteiger partial charge < -0.3 is 5.32 Å². The maximum atomic E-state index is 10.5. The highest BCUT2D eigenvalue weighted by Gasteiger charge is 2.02. The molecule has 0 bridgehead atoms. The van der Waals surface area contributed by atoms with Gasteiger partial charge in [0.2, 0.25) is 5.91 Å². The van der Waals surface area contributed by atoms with Crippen LogP contribution in [-0.4, -0.2) is 12.5 Å². The van der Waals surface area contributed by atoms with Crippen molar-refractivity contribution in [2.75, 3.05) is 6.54 Å². The van der Waals surface area contributed by atoms with Crippen molar-refractivity contribution in [3.8, 4) is 0 Å². The van der Waals surface area contributed by atoms with Crippen LogP contribution >= 0.6 is 0 Å². The Labute approximate surface area is 67.7 Å². The van der Waals surface area contributed by atoms with Crippen molar-refractivity contribution in [2.45, 2.75) is 32.6 Å². The van der Waals surface area contributed by atoms with Crippen LogP contribution in [0.3, 0.4) is 0 Å². The maximum absolute atomic E-state index is 10.5. The Morgan fingerprint density at radius 3 is 3.00 bits per heavy atom.